The molecule has 7 heavy (non-hydrogen) atoms. The number of alkyl halides is 2. The molecule has 1 N–H and O–H groups in total. The molecule has 0 fully saturated rings. The Balaban J connectivity index is 2.68. The molecule has 0 heterocycles. The van der Waals surface area contributed by atoms with Gasteiger partial charge in [-0.3, -0.25) is 4.84 Å². The van der Waals surface area contributed by atoms with Gasteiger partial charge in [0.25, 0.3) is 0 Å². The Bertz CT molecular complexity index is 43.9. The lowest BCUT2D eigenvalue weighted by molar-refractivity contribution is 0.0683. The zero-order valence-electron chi connectivity index (χ0n) is 3.95. The van der Waals surface area contributed by atoms with Gasteiger partial charge < -0.3 is 0 Å². The SMILES string of the molecule is CNOCC(Cl)I. The zero-order valence-corrected chi connectivity index (χ0v) is 6.86. The first kappa shape index (κ1) is 7.94. The van der Waals surface area contributed by atoms with Crippen molar-refractivity contribution in [2.45, 2.75) is 3.38 Å². The second kappa shape index (κ2) is 5.08. The summed E-state index contributed by atoms with van der Waals surface area (Å²) in [5.74, 6) is 0. The van der Waals surface area contributed by atoms with Crippen molar-refractivity contribution in [3.8, 4) is 0 Å². The van der Waals surface area contributed by atoms with Gasteiger partial charge in [0.2, 0.25) is 0 Å². The molecular formula is C3H7ClINO. The summed E-state index contributed by atoms with van der Waals surface area (Å²) in [6.07, 6.45) is 0. The lowest BCUT2D eigenvalue weighted by Crippen LogP contribution is -2.11. The fourth-order valence-corrected chi connectivity index (χ4v) is 0.389. The molecule has 2 nitrogen and oxygen atoms in total. The molecule has 0 spiro atoms. The van der Waals surface area contributed by atoms with E-state index in [9.17, 15) is 0 Å². The van der Waals surface area contributed by atoms with Gasteiger partial charge in [-0.1, -0.05) is 22.6 Å². The van der Waals surface area contributed by atoms with E-state index in [1.54, 1.807) is 7.05 Å². The van der Waals surface area contributed by atoms with Crippen LogP contribution in [0, 0.1) is 0 Å². The second-order valence-corrected chi connectivity index (χ2v) is 3.67. The van der Waals surface area contributed by atoms with Crippen LogP contribution in [0.1, 0.15) is 0 Å². The first-order valence-electron chi connectivity index (χ1n) is 1.84. The average Bonchev–Trinajstić information content (AvgIpc) is 1.61. The van der Waals surface area contributed by atoms with Gasteiger partial charge in [-0.05, 0) is 0 Å². The van der Waals surface area contributed by atoms with Crippen LogP contribution in [0.4, 0.5) is 0 Å². The van der Waals surface area contributed by atoms with Crippen LogP contribution in [-0.4, -0.2) is 17.0 Å². The Morgan fingerprint density at radius 2 is 2.57 bits per heavy atom. The summed E-state index contributed by atoms with van der Waals surface area (Å²) in [6, 6.07) is 0. The van der Waals surface area contributed by atoms with Crippen LogP contribution in [0.3, 0.4) is 0 Å². The van der Waals surface area contributed by atoms with Crippen molar-refractivity contribution in [1.82, 2.24) is 5.48 Å². The Morgan fingerprint density at radius 3 is 2.71 bits per heavy atom. The highest BCUT2D eigenvalue weighted by molar-refractivity contribution is 14.1. The quantitative estimate of drug-likeness (QED) is 0.450. The van der Waals surface area contributed by atoms with Crippen molar-refractivity contribution in [2.75, 3.05) is 13.7 Å². The largest absolute Gasteiger partial charge is 0.300 e. The topological polar surface area (TPSA) is 21.3 Å². The molecule has 0 saturated heterocycles. The van der Waals surface area contributed by atoms with Crippen molar-refractivity contribution >= 4 is 34.2 Å². The molecule has 0 radical (unpaired) electrons. The van der Waals surface area contributed by atoms with Gasteiger partial charge >= 0.3 is 0 Å². The first-order chi connectivity index (χ1) is 3.27. The summed E-state index contributed by atoms with van der Waals surface area (Å²) in [7, 11) is 1.70. The smallest absolute Gasteiger partial charge is 0.110 e. The van der Waals surface area contributed by atoms with Crippen molar-refractivity contribution in [3.63, 3.8) is 0 Å². The van der Waals surface area contributed by atoms with Crippen molar-refractivity contribution in [1.29, 1.82) is 0 Å². The molecule has 0 aliphatic rings. The summed E-state index contributed by atoms with van der Waals surface area (Å²) in [5.41, 5.74) is 2.51. The van der Waals surface area contributed by atoms with E-state index in [2.05, 4.69) is 28.1 Å². The van der Waals surface area contributed by atoms with Crippen LogP contribution in [-0.2, 0) is 4.84 Å². The molecule has 0 aliphatic heterocycles. The third-order valence-corrected chi connectivity index (χ3v) is 0.839. The number of hydroxylamine groups is 1. The van der Waals surface area contributed by atoms with E-state index in [-0.39, 0.29) is 3.38 Å². The van der Waals surface area contributed by atoms with Crippen molar-refractivity contribution in [2.24, 2.45) is 0 Å². The third-order valence-electron chi connectivity index (χ3n) is 0.354. The maximum atomic E-state index is 5.48. The third kappa shape index (κ3) is 6.94. The van der Waals surface area contributed by atoms with E-state index in [1.165, 1.54) is 0 Å². The monoisotopic (exact) mass is 235 g/mol. The van der Waals surface area contributed by atoms with E-state index in [0.29, 0.717) is 6.61 Å². The van der Waals surface area contributed by atoms with Gasteiger partial charge in [0.1, 0.15) is 3.38 Å². The molecular weight excluding hydrogens is 228 g/mol. The van der Waals surface area contributed by atoms with Crippen molar-refractivity contribution in [3.05, 3.63) is 0 Å². The van der Waals surface area contributed by atoms with E-state index < -0.39 is 0 Å². The van der Waals surface area contributed by atoms with Crippen LogP contribution in [0.5, 0.6) is 0 Å². The standard InChI is InChI=1S/C3H7ClINO/c1-6-7-2-3(4)5/h3,6H,2H2,1H3. The fourth-order valence-electron chi connectivity index (χ4n) is 0.146. The normalized spacial score (nSPS) is 14.1. The van der Waals surface area contributed by atoms with Crippen LogP contribution in [0.15, 0.2) is 0 Å². The van der Waals surface area contributed by atoms with Crippen LogP contribution >= 0.6 is 34.2 Å². The van der Waals surface area contributed by atoms with Gasteiger partial charge in [-0.15, -0.1) is 11.6 Å². The van der Waals surface area contributed by atoms with Gasteiger partial charge in [0.05, 0.1) is 6.61 Å². The van der Waals surface area contributed by atoms with Gasteiger partial charge in [-0.25, -0.2) is 5.48 Å². The summed E-state index contributed by atoms with van der Waals surface area (Å²) < 4.78 is 0.0602. The maximum Gasteiger partial charge on any atom is 0.110 e. The summed E-state index contributed by atoms with van der Waals surface area (Å²) in [4.78, 5) is 4.71. The zero-order chi connectivity index (χ0) is 5.70. The number of nitrogens with one attached hydrogen (secondary N) is 1. The average molecular weight is 235 g/mol. The van der Waals surface area contributed by atoms with E-state index in [1.807, 2.05) is 0 Å². The van der Waals surface area contributed by atoms with Crippen LogP contribution < -0.4 is 5.48 Å². The van der Waals surface area contributed by atoms with Gasteiger partial charge in [0.15, 0.2) is 0 Å². The molecule has 0 aromatic rings. The highest BCUT2D eigenvalue weighted by atomic mass is 127. The molecule has 0 aromatic carbocycles. The number of hydrogen-bond donors (Lipinski definition) is 1. The molecule has 0 amide bonds. The van der Waals surface area contributed by atoms with Crippen LogP contribution in [0.25, 0.3) is 0 Å². The molecule has 1 unspecified atom stereocenters. The number of halogens is 2. The lowest BCUT2D eigenvalue weighted by Gasteiger charge is -1.98. The Kier molecular flexibility index (Phi) is 5.77. The molecule has 4 heteroatoms. The highest BCUT2D eigenvalue weighted by Gasteiger charge is 1.93. The molecule has 0 saturated carbocycles. The highest BCUT2D eigenvalue weighted by Crippen LogP contribution is 2.03. The van der Waals surface area contributed by atoms with Crippen molar-refractivity contribution < 1.29 is 4.84 Å². The molecule has 44 valence electrons. The van der Waals surface area contributed by atoms with E-state index in [0.717, 1.165) is 0 Å². The number of rotatable bonds is 3. The predicted molar refractivity (Wildman–Crippen MR) is 38.7 cm³/mol. The minimum absolute atomic E-state index is 0.0602. The Hall–Kier alpha value is 0.940. The van der Waals surface area contributed by atoms with E-state index in [4.69, 9.17) is 16.4 Å². The number of hydrogen-bond acceptors (Lipinski definition) is 2. The lowest BCUT2D eigenvalue weighted by atomic mass is 10.9. The summed E-state index contributed by atoms with van der Waals surface area (Å²) in [5, 5.41) is 0. The maximum absolute atomic E-state index is 5.48. The summed E-state index contributed by atoms with van der Waals surface area (Å²) in [6.45, 7) is 0.540. The van der Waals surface area contributed by atoms with E-state index >= 15 is 0 Å². The minimum atomic E-state index is 0.0602. The molecule has 0 aromatic heterocycles. The fraction of sp³-hybridized carbons (Fsp3) is 1.00. The summed E-state index contributed by atoms with van der Waals surface area (Å²) >= 11 is 7.54. The first-order valence-corrected chi connectivity index (χ1v) is 3.52. The van der Waals surface area contributed by atoms with Gasteiger partial charge in [0, 0.05) is 7.05 Å². The second-order valence-electron chi connectivity index (χ2n) is 0.906. The molecule has 0 rings (SSSR count). The molecule has 0 aliphatic carbocycles. The molecule has 1 atom stereocenters. The van der Waals surface area contributed by atoms with Gasteiger partial charge in [-0.2, -0.15) is 0 Å². The van der Waals surface area contributed by atoms with Crippen LogP contribution in [0.2, 0.25) is 0 Å². The molecule has 0 bridgehead atoms. The minimum Gasteiger partial charge on any atom is -0.300 e. The Morgan fingerprint density at radius 1 is 2.00 bits per heavy atom. The predicted octanol–water partition coefficient (Wildman–Crippen LogP) is 1.14. The Labute approximate surface area is 61.7 Å².